The maximum atomic E-state index is 13.6. The van der Waals surface area contributed by atoms with Crippen molar-refractivity contribution in [3.8, 4) is 5.75 Å². The molecular weight excluding hydrogens is 309 g/mol. The molecule has 0 radical (unpaired) electrons. The minimum atomic E-state index is -3.79. The highest BCUT2D eigenvalue weighted by atomic mass is 32.2. The van der Waals surface area contributed by atoms with E-state index in [9.17, 15) is 17.6 Å². The number of sulfonamides is 1. The Bertz CT molecular complexity index is 801. The van der Waals surface area contributed by atoms with E-state index in [1.807, 2.05) is 0 Å². The van der Waals surface area contributed by atoms with E-state index in [-0.39, 0.29) is 22.8 Å². The second-order valence-corrected chi connectivity index (χ2v) is 6.20. The lowest BCUT2D eigenvalue weighted by Crippen LogP contribution is -2.12. The number of carbonyl (C=O) groups excluding carboxylic acids is 1. The SMILES string of the molecule is COc1ccc(CC(=O)c2ccc(S(N)(=O)=O)cc2)cc1F. The van der Waals surface area contributed by atoms with Crippen LogP contribution in [0.4, 0.5) is 4.39 Å². The highest BCUT2D eigenvalue weighted by molar-refractivity contribution is 7.89. The van der Waals surface area contributed by atoms with Gasteiger partial charge in [-0.15, -0.1) is 0 Å². The number of Topliss-reactive ketones (excluding diaryl/α,β-unsaturated/α-hetero) is 1. The largest absolute Gasteiger partial charge is 0.494 e. The number of nitrogens with two attached hydrogens (primary N) is 1. The molecule has 0 saturated heterocycles. The minimum absolute atomic E-state index is 0.00433. The van der Waals surface area contributed by atoms with Crippen LogP contribution < -0.4 is 9.88 Å². The van der Waals surface area contributed by atoms with E-state index < -0.39 is 15.8 Å². The maximum absolute atomic E-state index is 13.6. The smallest absolute Gasteiger partial charge is 0.238 e. The summed E-state index contributed by atoms with van der Waals surface area (Å²) in [5.74, 6) is -0.698. The molecule has 2 N–H and O–H groups in total. The molecule has 0 atom stereocenters. The zero-order valence-corrected chi connectivity index (χ0v) is 12.6. The van der Waals surface area contributed by atoms with Crippen molar-refractivity contribution in [2.45, 2.75) is 11.3 Å². The van der Waals surface area contributed by atoms with E-state index in [0.717, 1.165) is 0 Å². The van der Waals surface area contributed by atoms with Crippen LogP contribution in [0, 0.1) is 5.82 Å². The molecule has 0 aliphatic rings. The van der Waals surface area contributed by atoms with Crippen LogP contribution in [0.5, 0.6) is 5.75 Å². The summed E-state index contributed by atoms with van der Waals surface area (Å²) in [6, 6.07) is 9.55. The monoisotopic (exact) mass is 323 g/mol. The van der Waals surface area contributed by atoms with Crippen LogP contribution in [0.1, 0.15) is 15.9 Å². The number of ketones is 1. The van der Waals surface area contributed by atoms with Crippen LogP contribution in [0.15, 0.2) is 47.4 Å². The summed E-state index contributed by atoms with van der Waals surface area (Å²) in [7, 11) is -2.43. The molecule has 0 spiro atoms. The van der Waals surface area contributed by atoms with Crippen molar-refractivity contribution in [2.75, 3.05) is 7.11 Å². The number of methoxy groups -OCH3 is 1. The third-order valence-electron chi connectivity index (χ3n) is 3.09. The number of carbonyl (C=O) groups is 1. The predicted molar refractivity (Wildman–Crippen MR) is 78.8 cm³/mol. The van der Waals surface area contributed by atoms with Crippen molar-refractivity contribution in [2.24, 2.45) is 5.14 Å². The number of primary sulfonamides is 1. The topological polar surface area (TPSA) is 86.5 Å². The van der Waals surface area contributed by atoms with Crippen LogP contribution >= 0.6 is 0 Å². The molecule has 2 rings (SSSR count). The van der Waals surface area contributed by atoms with Gasteiger partial charge in [-0.3, -0.25) is 4.79 Å². The highest BCUT2D eigenvalue weighted by Gasteiger charge is 2.12. The number of ether oxygens (including phenoxy) is 1. The summed E-state index contributed by atoms with van der Waals surface area (Å²) >= 11 is 0. The van der Waals surface area contributed by atoms with E-state index in [0.29, 0.717) is 11.1 Å². The number of hydrogen-bond donors (Lipinski definition) is 1. The molecule has 0 fully saturated rings. The first-order valence-electron chi connectivity index (χ1n) is 6.30. The highest BCUT2D eigenvalue weighted by Crippen LogP contribution is 2.19. The Kier molecular flexibility index (Phi) is 4.58. The van der Waals surface area contributed by atoms with E-state index >= 15 is 0 Å². The zero-order valence-electron chi connectivity index (χ0n) is 11.7. The first kappa shape index (κ1) is 16.1. The fourth-order valence-corrected chi connectivity index (χ4v) is 2.45. The van der Waals surface area contributed by atoms with Gasteiger partial charge in [0.2, 0.25) is 10.0 Å². The van der Waals surface area contributed by atoms with Crippen molar-refractivity contribution in [1.29, 1.82) is 0 Å². The maximum Gasteiger partial charge on any atom is 0.238 e. The van der Waals surface area contributed by atoms with Gasteiger partial charge in [0.05, 0.1) is 12.0 Å². The second kappa shape index (κ2) is 6.25. The van der Waals surface area contributed by atoms with E-state index in [4.69, 9.17) is 9.88 Å². The molecule has 0 aromatic heterocycles. The quantitative estimate of drug-likeness (QED) is 0.852. The molecule has 0 saturated carbocycles. The van der Waals surface area contributed by atoms with E-state index in [2.05, 4.69) is 0 Å². The first-order chi connectivity index (χ1) is 10.3. The number of halogens is 1. The van der Waals surface area contributed by atoms with Crippen LogP contribution in [0.3, 0.4) is 0 Å². The van der Waals surface area contributed by atoms with E-state index in [1.165, 1.54) is 43.5 Å². The Balaban J connectivity index is 2.17. The van der Waals surface area contributed by atoms with Gasteiger partial charge in [-0.1, -0.05) is 18.2 Å². The first-order valence-corrected chi connectivity index (χ1v) is 7.84. The summed E-state index contributed by atoms with van der Waals surface area (Å²) in [5, 5.41) is 4.98. The molecule has 7 heteroatoms. The third kappa shape index (κ3) is 3.69. The van der Waals surface area contributed by atoms with Crippen LogP contribution in [-0.2, 0) is 16.4 Å². The molecular formula is C15H14FNO4S. The number of benzene rings is 2. The van der Waals surface area contributed by atoms with Gasteiger partial charge in [-0.05, 0) is 29.8 Å². The summed E-state index contributed by atoms with van der Waals surface area (Å²) in [6.07, 6.45) is -0.00433. The van der Waals surface area contributed by atoms with Gasteiger partial charge in [-0.25, -0.2) is 17.9 Å². The van der Waals surface area contributed by atoms with Gasteiger partial charge < -0.3 is 4.74 Å². The fraction of sp³-hybridized carbons (Fsp3) is 0.133. The van der Waals surface area contributed by atoms with Gasteiger partial charge in [0.15, 0.2) is 17.3 Å². The Labute approximate surface area is 127 Å². The summed E-state index contributed by atoms with van der Waals surface area (Å²) in [4.78, 5) is 12.0. The summed E-state index contributed by atoms with van der Waals surface area (Å²) in [5.41, 5.74) is 0.822. The van der Waals surface area contributed by atoms with Crippen molar-refractivity contribution >= 4 is 15.8 Å². The Morgan fingerprint density at radius 1 is 1.18 bits per heavy atom. The normalized spacial score (nSPS) is 11.2. The molecule has 0 bridgehead atoms. The average molecular weight is 323 g/mol. The molecule has 0 amide bonds. The van der Waals surface area contributed by atoms with Crippen molar-refractivity contribution in [1.82, 2.24) is 0 Å². The lowest BCUT2D eigenvalue weighted by Gasteiger charge is -2.05. The van der Waals surface area contributed by atoms with Crippen molar-refractivity contribution in [3.05, 3.63) is 59.4 Å². The Morgan fingerprint density at radius 3 is 2.32 bits per heavy atom. The summed E-state index contributed by atoms with van der Waals surface area (Å²) < 4.78 is 40.7. The molecule has 116 valence electrons. The molecule has 5 nitrogen and oxygen atoms in total. The molecule has 22 heavy (non-hydrogen) atoms. The van der Waals surface area contributed by atoms with Gasteiger partial charge in [0.1, 0.15) is 0 Å². The predicted octanol–water partition coefficient (Wildman–Crippen LogP) is 1.91. The van der Waals surface area contributed by atoms with Gasteiger partial charge in [-0.2, -0.15) is 0 Å². The Morgan fingerprint density at radius 2 is 1.82 bits per heavy atom. The van der Waals surface area contributed by atoms with Crippen molar-refractivity contribution < 1.29 is 22.3 Å². The number of hydrogen-bond acceptors (Lipinski definition) is 4. The lowest BCUT2D eigenvalue weighted by molar-refractivity contribution is 0.0993. The van der Waals surface area contributed by atoms with Crippen LogP contribution in [-0.4, -0.2) is 21.3 Å². The minimum Gasteiger partial charge on any atom is -0.494 e. The van der Waals surface area contributed by atoms with Crippen molar-refractivity contribution in [3.63, 3.8) is 0 Å². The van der Waals surface area contributed by atoms with Gasteiger partial charge in [0.25, 0.3) is 0 Å². The lowest BCUT2D eigenvalue weighted by atomic mass is 10.0. The van der Waals surface area contributed by atoms with Crippen LogP contribution in [0.2, 0.25) is 0 Å². The summed E-state index contributed by atoms with van der Waals surface area (Å²) in [6.45, 7) is 0. The molecule has 2 aromatic carbocycles. The van der Waals surface area contributed by atoms with Crippen LogP contribution in [0.25, 0.3) is 0 Å². The molecule has 0 unspecified atom stereocenters. The standard InChI is InChI=1S/C15H14FNO4S/c1-21-15-7-2-10(8-13(15)16)9-14(18)11-3-5-12(6-4-11)22(17,19)20/h2-8H,9H2,1H3,(H2,17,19,20). The molecule has 0 aliphatic heterocycles. The Hall–Kier alpha value is -2.25. The number of rotatable bonds is 5. The molecule has 0 heterocycles. The van der Waals surface area contributed by atoms with E-state index in [1.54, 1.807) is 6.07 Å². The van der Waals surface area contributed by atoms with Gasteiger partial charge >= 0.3 is 0 Å². The van der Waals surface area contributed by atoms with Gasteiger partial charge in [0, 0.05) is 12.0 Å². The molecule has 0 aliphatic carbocycles. The zero-order chi connectivity index (χ0) is 16.3. The second-order valence-electron chi connectivity index (χ2n) is 4.64. The average Bonchev–Trinajstić information content (AvgIpc) is 2.46. The molecule has 2 aromatic rings. The fourth-order valence-electron chi connectivity index (χ4n) is 1.94. The third-order valence-corrected chi connectivity index (χ3v) is 4.01.